The van der Waals surface area contributed by atoms with E-state index in [1.165, 1.54) is 16.9 Å². The number of thiophene rings is 1. The number of carbonyl (C=O) groups excluding carboxylic acids is 1. The van der Waals surface area contributed by atoms with Gasteiger partial charge < -0.3 is 15.4 Å². The maximum Gasteiger partial charge on any atom is 0.263 e. The van der Waals surface area contributed by atoms with E-state index in [-0.39, 0.29) is 17.9 Å². The van der Waals surface area contributed by atoms with Crippen molar-refractivity contribution in [3.63, 3.8) is 0 Å². The van der Waals surface area contributed by atoms with Gasteiger partial charge in [0.15, 0.2) is 0 Å². The fourth-order valence-corrected chi connectivity index (χ4v) is 3.69. The van der Waals surface area contributed by atoms with Gasteiger partial charge in [-0.15, -0.1) is 11.3 Å². The van der Waals surface area contributed by atoms with Gasteiger partial charge in [-0.1, -0.05) is 18.2 Å². The molecule has 5 heteroatoms. The van der Waals surface area contributed by atoms with E-state index in [9.17, 15) is 4.79 Å². The van der Waals surface area contributed by atoms with E-state index < -0.39 is 0 Å². The first kappa shape index (κ1) is 15.1. The summed E-state index contributed by atoms with van der Waals surface area (Å²) in [5, 5.41) is 1.93. The Balaban J connectivity index is 1.80. The minimum atomic E-state index is 0.00821. The Hall–Kier alpha value is -1.85. The summed E-state index contributed by atoms with van der Waals surface area (Å²) >= 11 is 1.48. The quantitative estimate of drug-likeness (QED) is 0.947. The fourth-order valence-electron chi connectivity index (χ4n) is 3.00. The van der Waals surface area contributed by atoms with Crippen LogP contribution < -0.4 is 10.5 Å². The van der Waals surface area contributed by atoms with Crippen LogP contribution in [0, 0.1) is 0 Å². The van der Waals surface area contributed by atoms with Gasteiger partial charge in [0.25, 0.3) is 5.91 Å². The first-order chi connectivity index (χ1) is 10.7. The Kier molecular flexibility index (Phi) is 4.45. The van der Waals surface area contributed by atoms with Crippen molar-refractivity contribution < 1.29 is 9.53 Å². The van der Waals surface area contributed by atoms with Crippen LogP contribution in [0.15, 0.2) is 41.8 Å². The molecule has 1 aliphatic heterocycles. The molecule has 1 aromatic carbocycles. The molecule has 2 atom stereocenters. The van der Waals surface area contributed by atoms with E-state index in [1.807, 2.05) is 40.6 Å². The lowest BCUT2D eigenvalue weighted by Gasteiger charge is -2.36. The third kappa shape index (κ3) is 3.15. The second-order valence-electron chi connectivity index (χ2n) is 5.66. The zero-order chi connectivity index (χ0) is 15.5. The molecule has 2 heterocycles. The summed E-state index contributed by atoms with van der Waals surface area (Å²) in [5.74, 6) is 1.17. The van der Waals surface area contributed by atoms with Crippen molar-refractivity contribution in [3.05, 3.63) is 52.2 Å². The second-order valence-corrected chi connectivity index (χ2v) is 6.60. The zero-order valence-electron chi connectivity index (χ0n) is 12.6. The van der Waals surface area contributed by atoms with Crippen molar-refractivity contribution in [2.75, 3.05) is 20.2 Å². The van der Waals surface area contributed by atoms with Crippen LogP contribution in [-0.2, 0) is 0 Å². The van der Waals surface area contributed by atoms with Crippen LogP contribution in [0.3, 0.4) is 0 Å². The number of likely N-dealkylation sites (tertiary alicyclic amines) is 1. The Morgan fingerprint density at radius 3 is 2.91 bits per heavy atom. The lowest BCUT2D eigenvalue weighted by molar-refractivity contribution is 0.0694. The van der Waals surface area contributed by atoms with E-state index in [4.69, 9.17) is 10.5 Å². The van der Waals surface area contributed by atoms with Crippen LogP contribution in [0.2, 0.25) is 0 Å². The van der Waals surface area contributed by atoms with Crippen LogP contribution >= 0.6 is 11.3 Å². The summed E-state index contributed by atoms with van der Waals surface area (Å²) in [5.41, 5.74) is 7.37. The van der Waals surface area contributed by atoms with Crippen molar-refractivity contribution in [2.24, 2.45) is 5.73 Å². The normalized spacial score (nSPS) is 21.6. The highest BCUT2D eigenvalue weighted by molar-refractivity contribution is 7.12. The predicted octanol–water partition coefficient (Wildman–Crippen LogP) is 2.71. The number of amides is 1. The van der Waals surface area contributed by atoms with Crippen LogP contribution in [-0.4, -0.2) is 37.0 Å². The molecule has 0 spiro atoms. The lowest BCUT2D eigenvalue weighted by Crippen LogP contribution is -2.48. The molecule has 22 heavy (non-hydrogen) atoms. The smallest absolute Gasteiger partial charge is 0.263 e. The molecule has 1 aromatic heterocycles. The number of carbonyl (C=O) groups is 1. The molecule has 2 unspecified atom stereocenters. The summed E-state index contributed by atoms with van der Waals surface area (Å²) in [6.07, 6.45) is 0.890. The summed E-state index contributed by atoms with van der Waals surface area (Å²) in [7, 11) is 1.67. The van der Waals surface area contributed by atoms with Crippen molar-refractivity contribution in [3.8, 4) is 5.75 Å². The number of nitrogens with two attached hydrogens (primary N) is 1. The van der Waals surface area contributed by atoms with Crippen molar-refractivity contribution >= 4 is 17.2 Å². The first-order valence-electron chi connectivity index (χ1n) is 7.39. The molecule has 0 bridgehead atoms. The molecule has 1 saturated heterocycles. The maximum absolute atomic E-state index is 12.6. The number of ether oxygens (including phenoxy) is 1. The summed E-state index contributed by atoms with van der Waals surface area (Å²) in [6.45, 7) is 1.33. The van der Waals surface area contributed by atoms with Crippen molar-refractivity contribution in [2.45, 2.75) is 18.4 Å². The number of nitrogens with zero attached hydrogens (tertiary/aromatic N) is 1. The molecule has 2 aromatic rings. The molecule has 1 aliphatic rings. The van der Waals surface area contributed by atoms with Gasteiger partial charge in [-0.2, -0.15) is 0 Å². The third-order valence-corrected chi connectivity index (χ3v) is 4.93. The summed E-state index contributed by atoms with van der Waals surface area (Å²) < 4.78 is 5.30. The lowest BCUT2D eigenvalue weighted by atomic mass is 9.88. The molecule has 4 nitrogen and oxygen atoms in total. The number of hydrogen-bond donors (Lipinski definition) is 1. The number of piperidine rings is 1. The van der Waals surface area contributed by atoms with E-state index in [0.29, 0.717) is 13.1 Å². The largest absolute Gasteiger partial charge is 0.497 e. The van der Waals surface area contributed by atoms with Crippen molar-refractivity contribution in [1.29, 1.82) is 0 Å². The van der Waals surface area contributed by atoms with Crippen LogP contribution in [0.1, 0.15) is 27.6 Å². The van der Waals surface area contributed by atoms with Crippen LogP contribution in [0.4, 0.5) is 0 Å². The zero-order valence-corrected chi connectivity index (χ0v) is 13.4. The average Bonchev–Trinajstić information content (AvgIpc) is 3.08. The molecule has 0 aliphatic carbocycles. The highest BCUT2D eigenvalue weighted by atomic mass is 32.1. The SMILES string of the molecule is COc1cccc(C2CC(N)CN(C(=O)c3cccs3)C2)c1. The molecule has 0 radical (unpaired) electrons. The summed E-state index contributed by atoms with van der Waals surface area (Å²) in [6, 6.07) is 11.8. The van der Waals surface area contributed by atoms with Gasteiger partial charge in [0.1, 0.15) is 5.75 Å². The van der Waals surface area contributed by atoms with E-state index in [2.05, 4.69) is 6.07 Å². The number of rotatable bonds is 3. The van der Waals surface area contributed by atoms with E-state index in [1.54, 1.807) is 7.11 Å². The fraction of sp³-hybridized carbons (Fsp3) is 0.353. The van der Waals surface area contributed by atoms with Crippen molar-refractivity contribution in [1.82, 2.24) is 4.90 Å². The molecule has 1 amide bonds. The predicted molar refractivity (Wildman–Crippen MR) is 88.5 cm³/mol. The molecule has 116 valence electrons. The minimum absolute atomic E-state index is 0.00821. The molecular weight excluding hydrogens is 296 g/mol. The topological polar surface area (TPSA) is 55.6 Å². The first-order valence-corrected chi connectivity index (χ1v) is 8.27. The summed E-state index contributed by atoms with van der Waals surface area (Å²) in [4.78, 5) is 15.2. The van der Waals surface area contributed by atoms with Gasteiger partial charge in [-0.3, -0.25) is 4.79 Å². The van der Waals surface area contributed by atoms with Crippen LogP contribution in [0.25, 0.3) is 0 Å². The Labute approximate surface area is 134 Å². The number of methoxy groups -OCH3 is 1. The monoisotopic (exact) mass is 316 g/mol. The Morgan fingerprint density at radius 2 is 2.18 bits per heavy atom. The highest BCUT2D eigenvalue weighted by Gasteiger charge is 2.30. The van der Waals surface area contributed by atoms with Crippen LogP contribution in [0.5, 0.6) is 5.75 Å². The van der Waals surface area contributed by atoms with Gasteiger partial charge in [-0.25, -0.2) is 0 Å². The third-order valence-electron chi connectivity index (χ3n) is 4.07. The molecule has 0 saturated carbocycles. The van der Waals surface area contributed by atoms with Gasteiger partial charge in [0.2, 0.25) is 0 Å². The molecule has 1 fully saturated rings. The molecular formula is C17H20N2O2S. The molecule has 3 rings (SSSR count). The Bertz CT molecular complexity index is 642. The Morgan fingerprint density at radius 1 is 1.32 bits per heavy atom. The minimum Gasteiger partial charge on any atom is -0.497 e. The van der Waals surface area contributed by atoms with E-state index >= 15 is 0 Å². The van der Waals surface area contributed by atoms with Gasteiger partial charge in [0, 0.05) is 25.0 Å². The van der Waals surface area contributed by atoms with E-state index in [0.717, 1.165) is 17.0 Å². The van der Waals surface area contributed by atoms with Gasteiger partial charge >= 0.3 is 0 Å². The average molecular weight is 316 g/mol. The standard InChI is InChI=1S/C17H20N2O2S/c1-21-15-5-2-4-12(9-15)13-8-14(18)11-19(10-13)17(20)16-6-3-7-22-16/h2-7,9,13-14H,8,10-11,18H2,1H3. The maximum atomic E-state index is 12.6. The van der Waals surface area contributed by atoms with Gasteiger partial charge in [-0.05, 0) is 35.6 Å². The number of benzene rings is 1. The molecule has 2 N–H and O–H groups in total. The number of hydrogen-bond acceptors (Lipinski definition) is 4. The highest BCUT2D eigenvalue weighted by Crippen LogP contribution is 2.29. The second kappa shape index (κ2) is 6.50. The van der Waals surface area contributed by atoms with Gasteiger partial charge in [0.05, 0.1) is 12.0 Å².